The highest BCUT2D eigenvalue weighted by molar-refractivity contribution is 6.16. The Hall–Kier alpha value is -1.16. The number of esters is 1. The molecular weight excluding hydrogens is 206 g/mol. The number of Topliss-reactive ketones (excluding diaryl/α,β-unsaturated/α-hetero) is 1. The molecule has 0 unspecified atom stereocenters. The van der Waals surface area contributed by atoms with Gasteiger partial charge in [0.05, 0.1) is 5.57 Å². The van der Waals surface area contributed by atoms with Gasteiger partial charge >= 0.3 is 5.97 Å². The number of nitrogens with zero attached hydrogens (tertiary/aromatic N) is 1. The summed E-state index contributed by atoms with van der Waals surface area (Å²) in [7, 11) is 0. The highest BCUT2D eigenvalue weighted by Gasteiger charge is 2.15. The van der Waals surface area contributed by atoms with Crippen LogP contribution in [-0.2, 0) is 14.3 Å². The van der Waals surface area contributed by atoms with Crippen LogP contribution in [0.4, 0.5) is 0 Å². The van der Waals surface area contributed by atoms with Crippen LogP contribution >= 0.6 is 0 Å². The van der Waals surface area contributed by atoms with Crippen LogP contribution in [0.3, 0.4) is 0 Å². The molecule has 0 heterocycles. The molecule has 0 saturated carbocycles. The minimum atomic E-state index is -0.527. The van der Waals surface area contributed by atoms with E-state index in [4.69, 9.17) is 4.74 Å². The van der Waals surface area contributed by atoms with Crippen LogP contribution in [0.1, 0.15) is 34.1 Å². The van der Waals surface area contributed by atoms with Crippen LogP contribution in [0, 0.1) is 0 Å². The van der Waals surface area contributed by atoms with Gasteiger partial charge in [0, 0.05) is 0 Å². The second-order valence-corrected chi connectivity index (χ2v) is 3.45. The second-order valence-electron chi connectivity index (χ2n) is 3.45. The Bertz CT molecular complexity index is 267. The van der Waals surface area contributed by atoms with Gasteiger partial charge in [0.1, 0.15) is 6.73 Å². The van der Waals surface area contributed by atoms with Crippen LogP contribution in [0.2, 0.25) is 0 Å². The summed E-state index contributed by atoms with van der Waals surface area (Å²) < 4.78 is 5.06. The molecule has 0 radical (unpaired) electrons. The fourth-order valence-corrected chi connectivity index (χ4v) is 1.21. The summed E-state index contributed by atoms with van der Waals surface area (Å²) in [6.07, 6.45) is 2.25. The number of ether oxygens (including phenoxy) is 1. The van der Waals surface area contributed by atoms with Crippen molar-refractivity contribution < 1.29 is 14.3 Å². The van der Waals surface area contributed by atoms with Crippen molar-refractivity contribution >= 4 is 11.8 Å². The average molecular weight is 227 g/mol. The zero-order valence-electron chi connectivity index (χ0n) is 10.6. The summed E-state index contributed by atoms with van der Waals surface area (Å²) in [4.78, 5) is 24.7. The van der Waals surface area contributed by atoms with Gasteiger partial charge in [0.2, 0.25) is 0 Å². The first-order valence-corrected chi connectivity index (χ1v) is 5.67. The molecule has 0 N–H and O–H groups in total. The van der Waals surface area contributed by atoms with Crippen molar-refractivity contribution in [2.24, 2.45) is 0 Å². The highest BCUT2D eigenvalue weighted by Crippen LogP contribution is 2.02. The summed E-state index contributed by atoms with van der Waals surface area (Å²) in [5.41, 5.74) is 0.148. The lowest BCUT2D eigenvalue weighted by Crippen LogP contribution is -2.28. The molecule has 0 rings (SSSR count). The van der Waals surface area contributed by atoms with E-state index in [1.54, 1.807) is 6.08 Å². The van der Waals surface area contributed by atoms with Gasteiger partial charge in [0.15, 0.2) is 5.78 Å². The molecule has 0 aliphatic heterocycles. The van der Waals surface area contributed by atoms with Gasteiger partial charge in [-0.05, 0) is 26.4 Å². The first-order valence-electron chi connectivity index (χ1n) is 5.67. The molecule has 0 aliphatic carbocycles. The first kappa shape index (κ1) is 14.8. The fourth-order valence-electron chi connectivity index (χ4n) is 1.21. The Morgan fingerprint density at radius 3 is 2.12 bits per heavy atom. The Labute approximate surface area is 97.3 Å². The largest absolute Gasteiger partial charge is 0.446 e. The Morgan fingerprint density at radius 1 is 1.19 bits per heavy atom. The summed E-state index contributed by atoms with van der Waals surface area (Å²) >= 11 is 0. The molecule has 0 fully saturated rings. The molecule has 0 amide bonds. The molecule has 0 aliphatic rings. The second kappa shape index (κ2) is 8.05. The molecule has 0 spiro atoms. The molecule has 92 valence electrons. The minimum Gasteiger partial charge on any atom is -0.446 e. The molecule has 0 atom stereocenters. The number of carbonyl (C=O) groups is 2. The van der Waals surface area contributed by atoms with Gasteiger partial charge in [-0.2, -0.15) is 0 Å². The van der Waals surface area contributed by atoms with Crippen molar-refractivity contribution in [3.05, 3.63) is 11.6 Å². The molecule has 0 bridgehead atoms. The van der Waals surface area contributed by atoms with E-state index in [2.05, 4.69) is 0 Å². The van der Waals surface area contributed by atoms with E-state index < -0.39 is 5.97 Å². The number of hydrogen-bond donors (Lipinski definition) is 0. The van der Waals surface area contributed by atoms with Gasteiger partial charge in [-0.1, -0.05) is 26.8 Å². The smallest absolute Gasteiger partial charge is 0.342 e. The quantitative estimate of drug-likeness (QED) is 0.218. The van der Waals surface area contributed by atoms with Gasteiger partial charge in [-0.15, -0.1) is 0 Å². The number of hydrogen-bond acceptors (Lipinski definition) is 4. The van der Waals surface area contributed by atoms with E-state index in [9.17, 15) is 9.59 Å². The molecular formula is C12H21NO3. The predicted molar refractivity (Wildman–Crippen MR) is 62.9 cm³/mol. The molecule has 0 aromatic heterocycles. The lowest BCUT2D eigenvalue weighted by molar-refractivity contribution is -0.144. The van der Waals surface area contributed by atoms with Crippen LogP contribution < -0.4 is 0 Å². The molecule has 4 nitrogen and oxygen atoms in total. The van der Waals surface area contributed by atoms with Crippen molar-refractivity contribution in [2.75, 3.05) is 19.8 Å². The maximum absolute atomic E-state index is 11.6. The van der Waals surface area contributed by atoms with Crippen LogP contribution in [0.15, 0.2) is 11.6 Å². The summed E-state index contributed by atoms with van der Waals surface area (Å²) in [6.45, 7) is 9.10. The summed E-state index contributed by atoms with van der Waals surface area (Å²) in [6, 6.07) is 0. The number of ketones is 1. The third-order valence-corrected chi connectivity index (χ3v) is 2.28. The Morgan fingerprint density at radius 2 is 1.75 bits per heavy atom. The molecule has 16 heavy (non-hydrogen) atoms. The highest BCUT2D eigenvalue weighted by atomic mass is 16.5. The van der Waals surface area contributed by atoms with Gasteiger partial charge in [0.25, 0.3) is 0 Å². The van der Waals surface area contributed by atoms with Gasteiger partial charge in [-0.25, -0.2) is 4.79 Å². The molecule has 4 heteroatoms. The molecule has 0 aromatic rings. The summed E-state index contributed by atoms with van der Waals surface area (Å²) in [5, 5.41) is 0. The van der Waals surface area contributed by atoms with Crippen molar-refractivity contribution in [2.45, 2.75) is 34.1 Å². The van der Waals surface area contributed by atoms with E-state index in [0.717, 1.165) is 13.1 Å². The summed E-state index contributed by atoms with van der Waals surface area (Å²) in [5.74, 6) is -0.771. The normalized spacial score (nSPS) is 11.7. The maximum Gasteiger partial charge on any atom is 0.342 e. The zero-order chi connectivity index (χ0) is 12.6. The maximum atomic E-state index is 11.6. The van der Waals surface area contributed by atoms with Crippen molar-refractivity contribution in [3.63, 3.8) is 0 Å². The molecule has 0 saturated heterocycles. The number of allylic oxidation sites excluding steroid dienone is 1. The first-order chi connectivity index (χ1) is 7.56. The van der Waals surface area contributed by atoms with Crippen LogP contribution in [0.25, 0.3) is 0 Å². The van der Waals surface area contributed by atoms with Crippen LogP contribution in [0.5, 0.6) is 0 Å². The van der Waals surface area contributed by atoms with Crippen molar-refractivity contribution in [1.82, 2.24) is 4.90 Å². The zero-order valence-corrected chi connectivity index (χ0v) is 10.6. The Kier molecular flexibility index (Phi) is 7.46. The van der Waals surface area contributed by atoms with Gasteiger partial charge < -0.3 is 4.74 Å². The third-order valence-electron chi connectivity index (χ3n) is 2.28. The number of rotatable bonds is 7. The van der Waals surface area contributed by atoms with E-state index >= 15 is 0 Å². The fraction of sp³-hybridized carbons (Fsp3) is 0.667. The van der Waals surface area contributed by atoms with E-state index in [1.165, 1.54) is 6.92 Å². The van der Waals surface area contributed by atoms with E-state index in [1.807, 2.05) is 25.7 Å². The number of carbonyl (C=O) groups excluding carboxylic acids is 2. The Balaban J connectivity index is 4.33. The lowest BCUT2D eigenvalue weighted by Gasteiger charge is -2.17. The predicted octanol–water partition coefficient (Wildman–Crippen LogP) is 1.75. The standard InChI is InChI=1S/C12H21NO3/c1-5-8-11(10(4)14)12(15)16-9-13(6-2)7-3/h8H,5-7,9H2,1-4H3. The lowest BCUT2D eigenvalue weighted by atomic mass is 10.1. The third kappa shape index (κ3) is 5.07. The monoisotopic (exact) mass is 227 g/mol. The van der Waals surface area contributed by atoms with Crippen molar-refractivity contribution in [3.8, 4) is 0 Å². The van der Waals surface area contributed by atoms with Gasteiger partial charge in [-0.3, -0.25) is 9.69 Å². The molecule has 0 aromatic carbocycles. The van der Waals surface area contributed by atoms with Crippen molar-refractivity contribution in [1.29, 1.82) is 0 Å². The average Bonchev–Trinajstić information content (AvgIpc) is 2.26. The topological polar surface area (TPSA) is 46.6 Å². The SMILES string of the molecule is CCC=C(C(C)=O)C(=O)OCN(CC)CC. The van der Waals surface area contributed by atoms with Crippen LogP contribution in [-0.4, -0.2) is 36.5 Å². The van der Waals surface area contributed by atoms with E-state index in [0.29, 0.717) is 6.42 Å². The van der Waals surface area contributed by atoms with E-state index in [-0.39, 0.29) is 18.1 Å². The minimum absolute atomic E-state index is 0.148.